The van der Waals surface area contributed by atoms with Gasteiger partial charge >= 0.3 is 0 Å². The summed E-state index contributed by atoms with van der Waals surface area (Å²) in [6, 6.07) is 9.32. The monoisotopic (exact) mass is 248 g/mol. The molecule has 2 N–H and O–H groups in total. The predicted octanol–water partition coefficient (Wildman–Crippen LogP) is 1.85. The normalized spacial score (nSPS) is 12.4. The maximum atomic E-state index is 9.52. The summed E-state index contributed by atoms with van der Waals surface area (Å²) >= 11 is 0. The molecule has 0 radical (unpaired) electrons. The minimum atomic E-state index is -0.786. The van der Waals surface area contributed by atoms with Crippen LogP contribution in [-0.2, 0) is 6.42 Å². The lowest BCUT2D eigenvalue weighted by atomic mass is 10.0. The first-order valence-corrected chi connectivity index (χ1v) is 5.74. The van der Waals surface area contributed by atoms with E-state index in [-0.39, 0.29) is 6.61 Å². The lowest BCUT2D eigenvalue weighted by molar-refractivity contribution is 0.0950. The molecule has 0 bridgehead atoms. The van der Waals surface area contributed by atoms with Crippen LogP contribution in [0.3, 0.4) is 0 Å². The van der Waals surface area contributed by atoms with E-state index in [4.69, 9.17) is 14.3 Å². The fourth-order valence-corrected chi connectivity index (χ4v) is 1.85. The van der Waals surface area contributed by atoms with Gasteiger partial charge in [0.25, 0.3) is 0 Å². The molecule has 0 spiro atoms. The molecule has 1 unspecified atom stereocenters. The number of rotatable bonds is 5. The molecule has 1 aromatic heterocycles. The van der Waals surface area contributed by atoms with Crippen LogP contribution in [0.2, 0.25) is 0 Å². The van der Waals surface area contributed by atoms with E-state index in [0.29, 0.717) is 12.2 Å². The molecule has 0 aliphatic carbocycles. The number of hydrogen-bond acceptors (Lipinski definition) is 4. The van der Waals surface area contributed by atoms with Crippen LogP contribution in [-0.4, -0.2) is 30.0 Å². The lowest BCUT2D eigenvalue weighted by Gasteiger charge is -2.12. The zero-order valence-corrected chi connectivity index (χ0v) is 10.2. The maximum Gasteiger partial charge on any atom is 0.133 e. The number of hydrogen-bond donors (Lipinski definition) is 2. The topological polar surface area (TPSA) is 62.8 Å². The second kappa shape index (κ2) is 5.71. The maximum absolute atomic E-state index is 9.52. The Labute approximate surface area is 105 Å². The molecule has 1 heterocycles. The number of ether oxygens (including phenoxy) is 1. The van der Waals surface area contributed by atoms with Crippen LogP contribution >= 0.6 is 0 Å². The van der Waals surface area contributed by atoms with Crippen molar-refractivity contribution in [2.45, 2.75) is 12.5 Å². The molecule has 0 amide bonds. The van der Waals surface area contributed by atoms with Crippen LogP contribution in [0.4, 0.5) is 0 Å². The van der Waals surface area contributed by atoms with E-state index < -0.39 is 6.10 Å². The Balaban J connectivity index is 2.33. The Kier molecular flexibility index (Phi) is 4.02. The molecule has 0 saturated carbocycles. The second-order valence-corrected chi connectivity index (χ2v) is 4.04. The van der Waals surface area contributed by atoms with Crippen molar-refractivity contribution < 1.29 is 19.4 Å². The van der Waals surface area contributed by atoms with Gasteiger partial charge in [-0.2, -0.15) is 0 Å². The second-order valence-electron chi connectivity index (χ2n) is 4.04. The highest BCUT2D eigenvalue weighted by Crippen LogP contribution is 2.27. The fourth-order valence-electron chi connectivity index (χ4n) is 1.85. The van der Waals surface area contributed by atoms with E-state index >= 15 is 0 Å². The molecule has 4 heteroatoms. The summed E-state index contributed by atoms with van der Waals surface area (Å²) in [5.41, 5.74) is 1.76. The minimum absolute atomic E-state index is 0.270. The van der Waals surface area contributed by atoms with Gasteiger partial charge in [-0.1, -0.05) is 0 Å². The van der Waals surface area contributed by atoms with Gasteiger partial charge in [0.05, 0.1) is 26.1 Å². The van der Waals surface area contributed by atoms with Crippen molar-refractivity contribution >= 4 is 0 Å². The van der Waals surface area contributed by atoms with Gasteiger partial charge in [-0.05, 0) is 35.9 Å². The van der Waals surface area contributed by atoms with E-state index in [1.54, 1.807) is 13.4 Å². The van der Waals surface area contributed by atoms with Gasteiger partial charge in [-0.25, -0.2) is 0 Å². The molecular formula is C14H16O4. The Bertz CT molecular complexity index is 491. The third-order valence-corrected chi connectivity index (χ3v) is 2.75. The standard InChI is InChI=1S/C14H16O4/c1-17-13-5-4-10(14-3-2-6-18-14)7-11(13)8-12(16)9-15/h2-7,12,15-16H,8-9H2,1H3. The first-order valence-electron chi connectivity index (χ1n) is 5.74. The highest BCUT2D eigenvalue weighted by atomic mass is 16.5. The molecule has 1 aromatic carbocycles. The van der Waals surface area contributed by atoms with Gasteiger partial charge in [0.15, 0.2) is 0 Å². The summed E-state index contributed by atoms with van der Waals surface area (Å²) in [4.78, 5) is 0. The van der Waals surface area contributed by atoms with Crippen molar-refractivity contribution in [3.8, 4) is 17.1 Å². The van der Waals surface area contributed by atoms with E-state index in [9.17, 15) is 5.11 Å². The van der Waals surface area contributed by atoms with Crippen LogP contribution in [0.5, 0.6) is 5.75 Å². The van der Waals surface area contributed by atoms with Gasteiger partial charge in [0, 0.05) is 12.0 Å². The summed E-state index contributed by atoms with van der Waals surface area (Å²) in [5.74, 6) is 1.45. The molecule has 1 atom stereocenters. The van der Waals surface area contributed by atoms with E-state index in [2.05, 4.69) is 0 Å². The SMILES string of the molecule is COc1ccc(-c2ccco2)cc1CC(O)CO. The van der Waals surface area contributed by atoms with E-state index in [1.807, 2.05) is 30.3 Å². The van der Waals surface area contributed by atoms with Gasteiger partial charge in [-0.3, -0.25) is 0 Å². The van der Waals surface area contributed by atoms with Crippen molar-refractivity contribution in [3.63, 3.8) is 0 Å². The largest absolute Gasteiger partial charge is 0.496 e. The summed E-state index contributed by atoms with van der Waals surface area (Å²) in [6.45, 7) is -0.270. The first-order chi connectivity index (χ1) is 8.74. The number of aliphatic hydroxyl groups excluding tert-OH is 2. The van der Waals surface area contributed by atoms with Crippen molar-refractivity contribution in [2.24, 2.45) is 0 Å². The Hall–Kier alpha value is -1.78. The number of benzene rings is 1. The van der Waals surface area contributed by atoms with Gasteiger partial charge in [0.1, 0.15) is 11.5 Å². The number of aliphatic hydroxyl groups is 2. The highest BCUT2D eigenvalue weighted by molar-refractivity contribution is 5.60. The summed E-state index contributed by atoms with van der Waals surface area (Å²) in [6.07, 6.45) is 1.17. The quantitative estimate of drug-likeness (QED) is 0.847. The van der Waals surface area contributed by atoms with Crippen LogP contribution in [0.15, 0.2) is 41.0 Å². The lowest BCUT2D eigenvalue weighted by Crippen LogP contribution is -2.15. The van der Waals surface area contributed by atoms with Gasteiger partial charge < -0.3 is 19.4 Å². The molecule has 0 fully saturated rings. The molecule has 2 aromatic rings. The molecule has 2 rings (SSSR count). The van der Waals surface area contributed by atoms with Crippen molar-refractivity contribution in [3.05, 3.63) is 42.2 Å². The summed E-state index contributed by atoms with van der Waals surface area (Å²) in [5, 5.41) is 18.4. The Morgan fingerprint density at radius 3 is 2.78 bits per heavy atom. The summed E-state index contributed by atoms with van der Waals surface area (Å²) in [7, 11) is 1.58. The molecule has 0 aliphatic heterocycles. The zero-order valence-electron chi connectivity index (χ0n) is 10.2. The Morgan fingerprint density at radius 2 is 2.17 bits per heavy atom. The summed E-state index contributed by atoms with van der Waals surface area (Å²) < 4.78 is 10.6. The first kappa shape index (κ1) is 12.7. The number of methoxy groups -OCH3 is 1. The average molecular weight is 248 g/mol. The van der Waals surface area contributed by atoms with Crippen molar-refractivity contribution in [1.29, 1.82) is 0 Å². The highest BCUT2D eigenvalue weighted by Gasteiger charge is 2.11. The van der Waals surface area contributed by atoms with Crippen molar-refractivity contribution in [2.75, 3.05) is 13.7 Å². The molecule has 0 aliphatic rings. The molecule has 0 saturated heterocycles. The van der Waals surface area contributed by atoms with Crippen LogP contribution in [0, 0.1) is 0 Å². The van der Waals surface area contributed by atoms with E-state index in [0.717, 1.165) is 16.9 Å². The third-order valence-electron chi connectivity index (χ3n) is 2.75. The van der Waals surface area contributed by atoms with E-state index in [1.165, 1.54) is 0 Å². The Morgan fingerprint density at radius 1 is 1.33 bits per heavy atom. The molecule has 96 valence electrons. The molecule has 4 nitrogen and oxygen atoms in total. The fraction of sp³-hybridized carbons (Fsp3) is 0.286. The van der Waals surface area contributed by atoms with Crippen LogP contribution < -0.4 is 4.74 Å². The van der Waals surface area contributed by atoms with Crippen LogP contribution in [0.25, 0.3) is 11.3 Å². The minimum Gasteiger partial charge on any atom is -0.496 e. The predicted molar refractivity (Wildman–Crippen MR) is 67.5 cm³/mol. The third kappa shape index (κ3) is 2.72. The zero-order chi connectivity index (χ0) is 13.0. The van der Waals surface area contributed by atoms with Crippen molar-refractivity contribution in [1.82, 2.24) is 0 Å². The van der Waals surface area contributed by atoms with Gasteiger partial charge in [0.2, 0.25) is 0 Å². The van der Waals surface area contributed by atoms with Crippen LogP contribution in [0.1, 0.15) is 5.56 Å². The van der Waals surface area contributed by atoms with Gasteiger partial charge in [-0.15, -0.1) is 0 Å². The smallest absolute Gasteiger partial charge is 0.133 e. The average Bonchev–Trinajstić information content (AvgIpc) is 2.92. The number of furan rings is 1. The molecular weight excluding hydrogens is 232 g/mol. The molecule has 18 heavy (non-hydrogen) atoms.